The van der Waals surface area contributed by atoms with Crippen LogP contribution in [0.3, 0.4) is 0 Å². The second-order valence-electron chi connectivity index (χ2n) is 8.32. The number of sulfonamides is 1. The molecule has 9 heteroatoms. The molecule has 170 valence electrons. The van der Waals surface area contributed by atoms with Gasteiger partial charge in [0.2, 0.25) is 10.0 Å². The number of ether oxygens (including phenoxy) is 1. The van der Waals surface area contributed by atoms with E-state index in [1.165, 1.54) is 5.56 Å². The van der Waals surface area contributed by atoms with Gasteiger partial charge in [-0.05, 0) is 61.6 Å². The van der Waals surface area contributed by atoms with Gasteiger partial charge >= 0.3 is 0 Å². The summed E-state index contributed by atoms with van der Waals surface area (Å²) >= 11 is 5.21. The quantitative estimate of drug-likeness (QED) is 0.396. The molecule has 1 atom stereocenters. The van der Waals surface area contributed by atoms with E-state index in [4.69, 9.17) is 9.72 Å². The first-order valence-electron chi connectivity index (χ1n) is 11.0. The van der Waals surface area contributed by atoms with Crippen LogP contribution in [0.4, 0.5) is 0 Å². The highest BCUT2D eigenvalue weighted by molar-refractivity contribution is 9.10. The molecule has 0 unspecified atom stereocenters. The molecule has 0 aliphatic carbocycles. The van der Waals surface area contributed by atoms with E-state index in [1.807, 2.05) is 18.2 Å². The Bertz CT molecular complexity index is 1220. The lowest BCUT2D eigenvalue weighted by Crippen LogP contribution is -2.27. The fourth-order valence-electron chi connectivity index (χ4n) is 4.38. The number of aromatic nitrogens is 2. The molecule has 3 heterocycles. The van der Waals surface area contributed by atoms with E-state index < -0.39 is 10.0 Å². The number of thioether (sulfide) groups is 1. The molecular formula is C23H26BrN3O3S2. The molecule has 2 fully saturated rings. The van der Waals surface area contributed by atoms with Crippen molar-refractivity contribution >= 4 is 48.7 Å². The van der Waals surface area contributed by atoms with Crippen molar-refractivity contribution in [1.82, 2.24) is 13.9 Å². The van der Waals surface area contributed by atoms with Crippen molar-refractivity contribution in [1.29, 1.82) is 0 Å². The maximum atomic E-state index is 13.1. The van der Waals surface area contributed by atoms with E-state index in [-0.39, 0.29) is 6.10 Å². The molecule has 32 heavy (non-hydrogen) atoms. The Morgan fingerprint density at radius 3 is 2.72 bits per heavy atom. The standard InChI is InChI=1S/C23H26BrN3O3S2/c24-18-6-3-5-17(13-18)16-31-23-25-21-14-20(32(28,29)26-10-1-2-11-26)8-9-22(21)27(23)15-19-7-4-12-30-19/h3,5-6,8-9,13-14,19H,1-2,4,7,10-12,15-16H2/t19-/m1/s1. The normalized spacial score (nSPS) is 19.8. The third kappa shape index (κ3) is 4.63. The molecule has 2 saturated heterocycles. The number of benzene rings is 2. The van der Waals surface area contributed by atoms with Gasteiger partial charge in [-0.1, -0.05) is 39.8 Å². The van der Waals surface area contributed by atoms with Crippen LogP contribution >= 0.6 is 27.7 Å². The third-order valence-electron chi connectivity index (χ3n) is 6.05. The van der Waals surface area contributed by atoms with Gasteiger partial charge in [-0.25, -0.2) is 13.4 Å². The molecule has 1 aromatic heterocycles. The predicted octanol–water partition coefficient (Wildman–Crippen LogP) is 5.05. The molecule has 0 spiro atoms. The van der Waals surface area contributed by atoms with Gasteiger partial charge in [0.1, 0.15) is 0 Å². The zero-order chi connectivity index (χ0) is 22.1. The lowest BCUT2D eigenvalue weighted by molar-refractivity contribution is 0.0960. The van der Waals surface area contributed by atoms with Crippen LogP contribution in [0.1, 0.15) is 31.2 Å². The fraction of sp³-hybridized carbons (Fsp3) is 0.435. The van der Waals surface area contributed by atoms with Crippen molar-refractivity contribution in [2.45, 2.75) is 54.1 Å². The highest BCUT2D eigenvalue weighted by Gasteiger charge is 2.28. The van der Waals surface area contributed by atoms with Crippen LogP contribution in [0, 0.1) is 0 Å². The summed E-state index contributed by atoms with van der Waals surface area (Å²) in [7, 11) is -3.47. The molecule has 0 radical (unpaired) electrons. The molecule has 6 nitrogen and oxygen atoms in total. The van der Waals surface area contributed by atoms with E-state index in [0.717, 1.165) is 65.3 Å². The first-order valence-corrected chi connectivity index (χ1v) is 14.2. The Kier molecular flexibility index (Phi) is 6.63. The average Bonchev–Trinajstić information content (AvgIpc) is 3.54. The Morgan fingerprint density at radius 1 is 1.12 bits per heavy atom. The number of hydrogen-bond acceptors (Lipinski definition) is 5. The van der Waals surface area contributed by atoms with Crippen LogP contribution in [0.15, 0.2) is 57.0 Å². The van der Waals surface area contributed by atoms with E-state index in [2.05, 4.69) is 32.6 Å². The van der Waals surface area contributed by atoms with E-state index in [1.54, 1.807) is 28.2 Å². The molecule has 2 aromatic carbocycles. The summed E-state index contributed by atoms with van der Waals surface area (Å²) in [4.78, 5) is 5.20. The van der Waals surface area contributed by atoms with E-state index >= 15 is 0 Å². The van der Waals surface area contributed by atoms with E-state index in [0.29, 0.717) is 18.0 Å². The van der Waals surface area contributed by atoms with Gasteiger partial charge in [-0.2, -0.15) is 4.31 Å². The van der Waals surface area contributed by atoms with Crippen molar-refractivity contribution in [2.24, 2.45) is 0 Å². The summed E-state index contributed by atoms with van der Waals surface area (Å²) in [6, 6.07) is 13.6. The van der Waals surface area contributed by atoms with Crippen LogP contribution in [0.25, 0.3) is 11.0 Å². The minimum Gasteiger partial charge on any atom is -0.376 e. The highest BCUT2D eigenvalue weighted by Crippen LogP contribution is 2.31. The maximum Gasteiger partial charge on any atom is 0.243 e. The van der Waals surface area contributed by atoms with Crippen molar-refractivity contribution in [3.63, 3.8) is 0 Å². The number of imidazole rings is 1. The largest absolute Gasteiger partial charge is 0.376 e. The van der Waals surface area contributed by atoms with Gasteiger partial charge in [0.05, 0.1) is 28.6 Å². The van der Waals surface area contributed by atoms with Crippen molar-refractivity contribution in [3.8, 4) is 0 Å². The molecule has 0 saturated carbocycles. The Labute approximate surface area is 201 Å². The maximum absolute atomic E-state index is 13.1. The molecule has 5 rings (SSSR count). The predicted molar refractivity (Wildman–Crippen MR) is 130 cm³/mol. The SMILES string of the molecule is O=S(=O)(c1ccc2c(c1)nc(SCc1cccc(Br)c1)n2C[C@H]1CCCO1)N1CCCC1. The molecule has 0 amide bonds. The summed E-state index contributed by atoms with van der Waals surface area (Å²) in [6.45, 7) is 2.73. The summed E-state index contributed by atoms with van der Waals surface area (Å²) < 4.78 is 36.8. The zero-order valence-electron chi connectivity index (χ0n) is 17.7. The monoisotopic (exact) mass is 535 g/mol. The topological polar surface area (TPSA) is 64.4 Å². The van der Waals surface area contributed by atoms with Gasteiger partial charge < -0.3 is 9.30 Å². The Morgan fingerprint density at radius 2 is 1.97 bits per heavy atom. The van der Waals surface area contributed by atoms with Gasteiger partial charge in [0.15, 0.2) is 5.16 Å². The zero-order valence-corrected chi connectivity index (χ0v) is 21.0. The third-order valence-corrected chi connectivity index (χ3v) is 9.49. The lowest BCUT2D eigenvalue weighted by atomic mass is 10.2. The molecule has 0 N–H and O–H groups in total. The van der Waals surface area contributed by atoms with Crippen molar-refractivity contribution < 1.29 is 13.2 Å². The summed E-state index contributed by atoms with van der Waals surface area (Å²) in [5.74, 6) is 0.785. The highest BCUT2D eigenvalue weighted by atomic mass is 79.9. The van der Waals surface area contributed by atoms with Crippen LogP contribution < -0.4 is 0 Å². The number of rotatable bonds is 7. The van der Waals surface area contributed by atoms with Gasteiger partial charge in [0.25, 0.3) is 0 Å². The Hall–Kier alpha value is -1.39. The molecule has 2 aliphatic rings. The summed E-state index contributed by atoms with van der Waals surface area (Å²) in [6.07, 6.45) is 4.14. The van der Waals surface area contributed by atoms with Crippen LogP contribution in [-0.2, 0) is 27.1 Å². The minimum atomic E-state index is -3.47. The molecular weight excluding hydrogens is 510 g/mol. The number of hydrogen-bond donors (Lipinski definition) is 0. The van der Waals surface area contributed by atoms with Gasteiger partial charge in [-0.3, -0.25) is 0 Å². The van der Waals surface area contributed by atoms with Gasteiger partial charge in [-0.15, -0.1) is 0 Å². The van der Waals surface area contributed by atoms with E-state index in [9.17, 15) is 8.42 Å². The molecule has 2 aliphatic heterocycles. The number of nitrogens with zero attached hydrogens (tertiary/aromatic N) is 3. The smallest absolute Gasteiger partial charge is 0.243 e. The lowest BCUT2D eigenvalue weighted by Gasteiger charge is -2.16. The first-order chi connectivity index (χ1) is 15.5. The Balaban J connectivity index is 1.48. The van der Waals surface area contributed by atoms with Crippen LogP contribution in [0.2, 0.25) is 0 Å². The molecule has 3 aromatic rings. The summed E-state index contributed by atoms with van der Waals surface area (Å²) in [5.41, 5.74) is 2.88. The number of halogens is 1. The van der Waals surface area contributed by atoms with Crippen LogP contribution in [-0.4, -0.2) is 48.1 Å². The minimum absolute atomic E-state index is 0.172. The first kappa shape index (κ1) is 22.4. The van der Waals surface area contributed by atoms with Crippen molar-refractivity contribution in [3.05, 3.63) is 52.5 Å². The van der Waals surface area contributed by atoms with Gasteiger partial charge in [0, 0.05) is 29.9 Å². The van der Waals surface area contributed by atoms with Crippen LogP contribution in [0.5, 0.6) is 0 Å². The second kappa shape index (κ2) is 9.46. The second-order valence-corrected chi connectivity index (χ2v) is 12.1. The average molecular weight is 537 g/mol. The number of fused-ring (bicyclic) bond motifs is 1. The van der Waals surface area contributed by atoms with Crippen molar-refractivity contribution in [2.75, 3.05) is 19.7 Å². The fourth-order valence-corrected chi connectivity index (χ4v) is 7.33. The summed E-state index contributed by atoms with van der Waals surface area (Å²) in [5, 5.41) is 0.895. The molecule has 0 bridgehead atoms.